The van der Waals surface area contributed by atoms with Gasteiger partial charge in [0.15, 0.2) is 0 Å². The molecule has 0 radical (unpaired) electrons. The van der Waals surface area contributed by atoms with Gasteiger partial charge in [-0.1, -0.05) is 36.4 Å². The lowest BCUT2D eigenvalue weighted by atomic mass is 10.1. The van der Waals surface area contributed by atoms with Gasteiger partial charge in [-0.3, -0.25) is 0 Å². The molecule has 0 unspecified atom stereocenters. The van der Waals surface area contributed by atoms with E-state index < -0.39 is 0 Å². The molecule has 2 aromatic carbocycles. The maximum absolute atomic E-state index is 4.38. The first kappa shape index (κ1) is 12.3. The van der Waals surface area contributed by atoms with Crippen LogP contribution in [-0.2, 0) is 7.05 Å². The average Bonchev–Trinajstić information content (AvgIpc) is 2.82. The minimum atomic E-state index is 0. The summed E-state index contributed by atoms with van der Waals surface area (Å²) in [7, 11) is 1.98. The van der Waals surface area contributed by atoms with Gasteiger partial charge in [-0.05, 0) is 17.5 Å². The van der Waals surface area contributed by atoms with Gasteiger partial charge in [0.05, 0.1) is 12.4 Å². The molecule has 4 heteroatoms. The fourth-order valence-electron chi connectivity index (χ4n) is 2.70. The van der Waals surface area contributed by atoms with Crippen molar-refractivity contribution in [2.75, 3.05) is 0 Å². The number of pyridine rings is 1. The zero-order valence-electron chi connectivity index (χ0n) is 10.4. The zero-order valence-corrected chi connectivity index (χ0v) is 12.6. The number of halogens is 1. The number of hydrogen-bond acceptors (Lipinski definition) is 1. The van der Waals surface area contributed by atoms with Gasteiger partial charge in [-0.25, -0.2) is 0 Å². The number of aromatic nitrogens is 3. The smallest absolute Gasteiger partial charge is 0.272 e. The summed E-state index contributed by atoms with van der Waals surface area (Å²) >= 11 is 0. The van der Waals surface area contributed by atoms with Crippen LogP contribution in [0.1, 0.15) is 0 Å². The van der Waals surface area contributed by atoms with Crippen molar-refractivity contribution in [1.29, 1.82) is 0 Å². The van der Waals surface area contributed by atoms with E-state index in [1.807, 2.05) is 18.1 Å². The monoisotopic (exact) mass is 361 g/mol. The van der Waals surface area contributed by atoms with Crippen LogP contribution in [0.2, 0.25) is 0 Å². The summed E-state index contributed by atoms with van der Waals surface area (Å²) in [5.74, 6) is 0. The molecule has 0 saturated carbocycles. The zero-order chi connectivity index (χ0) is 12.1. The van der Waals surface area contributed by atoms with Crippen LogP contribution in [0, 0.1) is 0 Å². The van der Waals surface area contributed by atoms with Crippen molar-refractivity contribution >= 4 is 27.3 Å². The minimum Gasteiger partial charge on any atom is -1.00 e. The summed E-state index contributed by atoms with van der Waals surface area (Å²) < 4.78 is 4.08. The third-order valence-corrected chi connectivity index (χ3v) is 3.50. The van der Waals surface area contributed by atoms with Crippen molar-refractivity contribution in [1.82, 2.24) is 9.78 Å². The number of benzene rings is 2. The van der Waals surface area contributed by atoms with Crippen LogP contribution in [0.5, 0.6) is 0 Å². The fourth-order valence-corrected chi connectivity index (χ4v) is 2.70. The Morgan fingerprint density at radius 3 is 2.32 bits per heavy atom. The maximum Gasteiger partial charge on any atom is 0.272 e. The molecule has 3 nitrogen and oxygen atoms in total. The normalized spacial score (nSPS) is 11.0. The summed E-state index contributed by atoms with van der Waals surface area (Å²) in [5.41, 5.74) is 2.32. The van der Waals surface area contributed by atoms with E-state index in [-0.39, 0.29) is 24.0 Å². The minimum absolute atomic E-state index is 0. The second kappa shape index (κ2) is 4.45. The Bertz CT molecular complexity index is 896. The molecule has 0 aliphatic carbocycles. The second-order valence-corrected chi connectivity index (χ2v) is 4.51. The number of aryl methyl sites for hydroxylation is 1. The molecular weight excluding hydrogens is 349 g/mol. The Morgan fingerprint density at radius 1 is 0.895 bits per heavy atom. The summed E-state index contributed by atoms with van der Waals surface area (Å²) in [4.78, 5) is 0. The van der Waals surface area contributed by atoms with Gasteiger partial charge in [-0.2, -0.15) is 4.40 Å². The van der Waals surface area contributed by atoms with E-state index in [9.17, 15) is 0 Å². The summed E-state index contributed by atoms with van der Waals surface area (Å²) in [5, 5.41) is 8.15. The second-order valence-electron chi connectivity index (χ2n) is 4.51. The van der Waals surface area contributed by atoms with E-state index in [4.69, 9.17) is 0 Å². The molecule has 4 rings (SSSR count). The van der Waals surface area contributed by atoms with E-state index in [1.165, 1.54) is 21.7 Å². The number of rotatable bonds is 0. The van der Waals surface area contributed by atoms with Crippen LogP contribution >= 0.6 is 0 Å². The van der Waals surface area contributed by atoms with E-state index in [2.05, 4.69) is 58.0 Å². The quantitative estimate of drug-likeness (QED) is 0.235. The predicted molar refractivity (Wildman–Crippen MR) is 71.4 cm³/mol. The lowest BCUT2D eigenvalue weighted by molar-refractivity contribution is -0.481. The maximum atomic E-state index is 4.38. The number of nitrogens with zero attached hydrogens (tertiary/aromatic N) is 3. The van der Waals surface area contributed by atoms with E-state index in [0.29, 0.717) is 0 Å². The van der Waals surface area contributed by atoms with E-state index in [1.54, 1.807) is 0 Å². The van der Waals surface area contributed by atoms with Crippen molar-refractivity contribution in [2.45, 2.75) is 0 Å². The summed E-state index contributed by atoms with van der Waals surface area (Å²) in [6.45, 7) is 0. The molecule has 19 heavy (non-hydrogen) atoms. The van der Waals surface area contributed by atoms with Crippen molar-refractivity contribution in [3.05, 3.63) is 54.9 Å². The van der Waals surface area contributed by atoms with Crippen LogP contribution in [0.3, 0.4) is 0 Å². The third kappa shape index (κ3) is 1.63. The number of para-hydroxylation sites is 1. The Labute approximate surface area is 127 Å². The summed E-state index contributed by atoms with van der Waals surface area (Å²) in [6, 6.07) is 16.9. The van der Waals surface area contributed by atoms with Gasteiger partial charge in [0.25, 0.3) is 12.0 Å². The van der Waals surface area contributed by atoms with Gasteiger partial charge in [0.1, 0.15) is 5.52 Å². The fraction of sp³-hybridized carbons (Fsp3) is 0.0667. The van der Waals surface area contributed by atoms with Crippen LogP contribution in [0.25, 0.3) is 27.3 Å². The van der Waals surface area contributed by atoms with Crippen molar-refractivity contribution in [3.63, 3.8) is 0 Å². The predicted octanol–water partition coefficient (Wildman–Crippen LogP) is -0.531. The Morgan fingerprint density at radius 2 is 1.53 bits per heavy atom. The largest absolute Gasteiger partial charge is 1.00 e. The Balaban J connectivity index is 0.00000110. The first-order valence-corrected chi connectivity index (χ1v) is 5.99. The molecule has 0 fully saturated rings. The molecule has 0 aliphatic heterocycles. The first-order chi connectivity index (χ1) is 8.86. The highest BCUT2D eigenvalue weighted by Gasteiger charge is 2.16. The third-order valence-electron chi connectivity index (χ3n) is 3.50. The molecule has 2 aromatic heterocycles. The molecule has 0 bridgehead atoms. The van der Waals surface area contributed by atoms with Crippen LogP contribution in [0.15, 0.2) is 54.9 Å². The SMILES string of the molecule is Cn1nc[n+]2c3ccccc3c3ccccc3c12.[I-]. The molecule has 0 spiro atoms. The molecule has 0 N–H and O–H groups in total. The van der Waals surface area contributed by atoms with E-state index >= 15 is 0 Å². The van der Waals surface area contributed by atoms with Gasteiger partial charge >= 0.3 is 0 Å². The molecule has 0 atom stereocenters. The van der Waals surface area contributed by atoms with Gasteiger partial charge in [0, 0.05) is 10.5 Å². The van der Waals surface area contributed by atoms with E-state index in [0.717, 1.165) is 5.65 Å². The standard InChI is InChI=1S/C15H12N3.HI/c1-17-15-13-8-3-2-6-11(13)12-7-4-5-9-14(12)18(15)10-16-17;/h2-10H,1H3;1H/q+1;/p-1. The first-order valence-electron chi connectivity index (χ1n) is 5.99. The number of hydrogen-bond donors (Lipinski definition) is 0. The highest BCUT2D eigenvalue weighted by Crippen LogP contribution is 2.25. The lowest BCUT2D eigenvalue weighted by Crippen LogP contribution is -3.00. The molecule has 0 amide bonds. The van der Waals surface area contributed by atoms with Gasteiger partial charge in [-0.15, -0.1) is 4.68 Å². The van der Waals surface area contributed by atoms with Crippen LogP contribution in [0.4, 0.5) is 0 Å². The van der Waals surface area contributed by atoms with Crippen molar-refractivity contribution in [2.24, 2.45) is 7.05 Å². The molecule has 0 aliphatic rings. The Hall–Kier alpha value is -1.69. The molecular formula is C15H12IN3. The van der Waals surface area contributed by atoms with Gasteiger partial charge in [0.2, 0.25) is 0 Å². The Kier molecular flexibility index (Phi) is 2.89. The van der Waals surface area contributed by atoms with Crippen molar-refractivity contribution < 1.29 is 28.4 Å². The lowest BCUT2D eigenvalue weighted by Gasteiger charge is -2.03. The highest BCUT2D eigenvalue weighted by molar-refractivity contribution is 6.08. The van der Waals surface area contributed by atoms with Crippen molar-refractivity contribution in [3.8, 4) is 0 Å². The number of fused-ring (bicyclic) bond motifs is 6. The van der Waals surface area contributed by atoms with Gasteiger partial charge < -0.3 is 24.0 Å². The highest BCUT2D eigenvalue weighted by atomic mass is 127. The molecule has 2 heterocycles. The van der Waals surface area contributed by atoms with Crippen LogP contribution < -0.4 is 28.4 Å². The topological polar surface area (TPSA) is 21.9 Å². The molecule has 4 aromatic rings. The average molecular weight is 361 g/mol. The van der Waals surface area contributed by atoms with Crippen LogP contribution in [-0.4, -0.2) is 9.78 Å². The molecule has 0 saturated heterocycles. The molecule has 94 valence electrons. The summed E-state index contributed by atoms with van der Waals surface area (Å²) in [6.07, 6.45) is 1.88.